The highest BCUT2D eigenvalue weighted by Gasteiger charge is 2.19. The molecule has 0 saturated carbocycles. The van der Waals surface area contributed by atoms with E-state index < -0.39 is 24.0 Å². The second-order valence-electron chi connectivity index (χ2n) is 3.03. The highest BCUT2D eigenvalue weighted by Crippen LogP contribution is 2.12. The fourth-order valence-electron chi connectivity index (χ4n) is 1.10. The molecule has 1 aromatic rings. The molecule has 0 amide bonds. The van der Waals surface area contributed by atoms with Crippen LogP contribution in [0.5, 0.6) is 0 Å². The van der Waals surface area contributed by atoms with Gasteiger partial charge in [0.1, 0.15) is 0 Å². The van der Waals surface area contributed by atoms with Gasteiger partial charge in [0.25, 0.3) is 0 Å². The van der Waals surface area contributed by atoms with E-state index >= 15 is 0 Å². The van der Waals surface area contributed by atoms with E-state index in [1.165, 1.54) is 12.1 Å². The summed E-state index contributed by atoms with van der Waals surface area (Å²) in [7, 11) is 1.09. The first-order chi connectivity index (χ1) is 7.54. The van der Waals surface area contributed by atoms with Crippen molar-refractivity contribution in [2.75, 3.05) is 7.11 Å². The molecule has 0 radical (unpaired) electrons. The van der Waals surface area contributed by atoms with E-state index in [0.717, 1.165) is 7.11 Å². The minimum absolute atomic E-state index is 0.296. The van der Waals surface area contributed by atoms with Gasteiger partial charge in [-0.3, -0.25) is 9.59 Å². The van der Waals surface area contributed by atoms with Gasteiger partial charge in [-0.2, -0.15) is 0 Å². The molecule has 1 rings (SSSR count). The Morgan fingerprint density at radius 2 is 2.00 bits per heavy atom. The molecule has 0 aliphatic carbocycles. The molecule has 0 heterocycles. The van der Waals surface area contributed by atoms with E-state index in [-0.39, 0.29) is 0 Å². The van der Waals surface area contributed by atoms with Crippen molar-refractivity contribution in [1.29, 1.82) is 0 Å². The normalized spacial score (nSPS) is 9.62. The topological polar surface area (TPSA) is 60.4 Å². The Balaban J connectivity index is 2.73. The number of rotatable bonds is 4. The second kappa shape index (κ2) is 5.42. The van der Waals surface area contributed by atoms with Gasteiger partial charge < -0.3 is 4.74 Å². The minimum Gasteiger partial charge on any atom is -0.463 e. The van der Waals surface area contributed by atoms with Crippen molar-refractivity contribution >= 4 is 29.1 Å². The predicted molar refractivity (Wildman–Crippen MR) is 57.4 cm³/mol. The zero-order valence-corrected chi connectivity index (χ0v) is 9.28. The van der Waals surface area contributed by atoms with E-state index in [4.69, 9.17) is 11.6 Å². The molecule has 1 aromatic carbocycles. The number of hydrogen-bond acceptors (Lipinski definition) is 4. The van der Waals surface area contributed by atoms with Crippen LogP contribution in [0.4, 0.5) is 0 Å². The minimum atomic E-state index is -1.02. The van der Waals surface area contributed by atoms with Crippen molar-refractivity contribution in [3.05, 3.63) is 34.9 Å². The predicted octanol–water partition coefficient (Wildman–Crippen LogP) is 1.65. The molecule has 0 N–H and O–H groups in total. The van der Waals surface area contributed by atoms with Crippen LogP contribution in [0.1, 0.15) is 16.8 Å². The van der Waals surface area contributed by atoms with Crippen LogP contribution in [0.3, 0.4) is 0 Å². The monoisotopic (exact) mass is 240 g/mol. The zero-order valence-electron chi connectivity index (χ0n) is 8.53. The third-order valence-electron chi connectivity index (χ3n) is 1.88. The van der Waals surface area contributed by atoms with Crippen LogP contribution in [0.15, 0.2) is 24.3 Å². The molecule has 0 fully saturated rings. The summed E-state index contributed by atoms with van der Waals surface area (Å²) in [6, 6.07) is 6.17. The number of hydrogen-bond donors (Lipinski definition) is 0. The van der Waals surface area contributed by atoms with Gasteiger partial charge in [-0.25, -0.2) is 4.79 Å². The smallest absolute Gasteiger partial charge is 0.374 e. The number of ether oxygens (including phenoxy) is 1. The lowest BCUT2D eigenvalue weighted by Crippen LogP contribution is -2.19. The Bertz CT molecular complexity index is 439. The van der Waals surface area contributed by atoms with Gasteiger partial charge in [0.05, 0.1) is 13.5 Å². The number of ketones is 2. The first-order valence-corrected chi connectivity index (χ1v) is 4.82. The fourth-order valence-corrected chi connectivity index (χ4v) is 1.29. The first kappa shape index (κ1) is 12.4. The molecule has 0 bridgehead atoms. The summed E-state index contributed by atoms with van der Waals surface area (Å²) >= 11 is 5.69. The SMILES string of the molecule is COC(=O)C(=O)CC(=O)c1cccc(Cl)c1. The van der Waals surface area contributed by atoms with Crippen molar-refractivity contribution in [1.82, 2.24) is 0 Å². The number of methoxy groups -OCH3 is 1. The second-order valence-corrected chi connectivity index (χ2v) is 3.46. The molecule has 0 aromatic heterocycles. The number of halogens is 1. The first-order valence-electron chi connectivity index (χ1n) is 4.44. The summed E-state index contributed by atoms with van der Waals surface area (Å²) in [5, 5.41) is 0.399. The summed E-state index contributed by atoms with van der Waals surface area (Å²) in [5.74, 6) is -2.35. The lowest BCUT2D eigenvalue weighted by atomic mass is 10.1. The maximum Gasteiger partial charge on any atom is 0.374 e. The summed E-state index contributed by atoms with van der Waals surface area (Å²) in [6.45, 7) is 0. The molecule has 0 aliphatic rings. The molecule has 0 unspecified atom stereocenters. The van der Waals surface area contributed by atoms with Crippen molar-refractivity contribution in [2.24, 2.45) is 0 Å². The fraction of sp³-hybridized carbons (Fsp3) is 0.182. The van der Waals surface area contributed by atoms with Gasteiger partial charge in [-0.15, -0.1) is 0 Å². The summed E-state index contributed by atoms with van der Waals surface area (Å²) in [5.41, 5.74) is 0.296. The Morgan fingerprint density at radius 3 is 2.56 bits per heavy atom. The highest BCUT2D eigenvalue weighted by molar-refractivity contribution is 6.38. The van der Waals surface area contributed by atoms with Gasteiger partial charge in [-0.05, 0) is 12.1 Å². The molecular formula is C11H9ClO4. The zero-order chi connectivity index (χ0) is 12.1. The van der Waals surface area contributed by atoms with Crippen LogP contribution in [0.25, 0.3) is 0 Å². The van der Waals surface area contributed by atoms with Crippen molar-refractivity contribution in [3.63, 3.8) is 0 Å². The molecule has 0 aliphatic heterocycles. The van der Waals surface area contributed by atoms with Crippen LogP contribution in [0, 0.1) is 0 Å². The molecule has 0 saturated heterocycles. The lowest BCUT2D eigenvalue weighted by molar-refractivity contribution is -0.151. The van der Waals surface area contributed by atoms with E-state index in [1.54, 1.807) is 12.1 Å². The molecule has 16 heavy (non-hydrogen) atoms. The Labute approximate surface area is 97.2 Å². The number of Topliss-reactive ketones (excluding diaryl/α,β-unsaturated/α-hetero) is 2. The maximum atomic E-state index is 11.5. The van der Waals surface area contributed by atoms with Gasteiger partial charge in [0.2, 0.25) is 5.78 Å². The average Bonchev–Trinajstić information content (AvgIpc) is 2.27. The van der Waals surface area contributed by atoms with Crippen LogP contribution in [-0.2, 0) is 14.3 Å². The molecule has 0 spiro atoms. The maximum absolute atomic E-state index is 11.5. The molecule has 84 valence electrons. The molecule has 4 nitrogen and oxygen atoms in total. The number of carbonyl (C=O) groups excluding carboxylic acids is 3. The Kier molecular flexibility index (Phi) is 4.19. The van der Waals surface area contributed by atoms with Crippen molar-refractivity contribution in [3.8, 4) is 0 Å². The number of benzene rings is 1. The summed E-state index contributed by atoms with van der Waals surface area (Å²) in [6.07, 6.45) is -0.507. The quantitative estimate of drug-likeness (QED) is 0.348. The highest BCUT2D eigenvalue weighted by atomic mass is 35.5. The van der Waals surface area contributed by atoms with Crippen LogP contribution in [-0.4, -0.2) is 24.6 Å². The van der Waals surface area contributed by atoms with Gasteiger partial charge in [0, 0.05) is 10.6 Å². The lowest BCUT2D eigenvalue weighted by Gasteiger charge is -2.00. The van der Waals surface area contributed by atoms with Gasteiger partial charge in [-0.1, -0.05) is 23.7 Å². The Hall–Kier alpha value is -1.68. The summed E-state index contributed by atoms with van der Waals surface area (Å²) < 4.78 is 4.21. The standard InChI is InChI=1S/C11H9ClO4/c1-16-11(15)10(14)6-9(13)7-3-2-4-8(12)5-7/h2-5H,6H2,1H3. The number of carbonyl (C=O) groups is 3. The van der Waals surface area contributed by atoms with E-state index in [0.29, 0.717) is 10.6 Å². The largest absolute Gasteiger partial charge is 0.463 e. The van der Waals surface area contributed by atoms with Crippen LogP contribution < -0.4 is 0 Å². The van der Waals surface area contributed by atoms with E-state index in [1.807, 2.05) is 0 Å². The van der Waals surface area contributed by atoms with Crippen molar-refractivity contribution in [2.45, 2.75) is 6.42 Å². The summed E-state index contributed by atoms with van der Waals surface area (Å²) in [4.78, 5) is 33.5. The van der Waals surface area contributed by atoms with Crippen LogP contribution >= 0.6 is 11.6 Å². The van der Waals surface area contributed by atoms with E-state index in [9.17, 15) is 14.4 Å². The number of esters is 1. The van der Waals surface area contributed by atoms with Crippen LogP contribution in [0.2, 0.25) is 5.02 Å². The van der Waals surface area contributed by atoms with Gasteiger partial charge >= 0.3 is 5.97 Å². The van der Waals surface area contributed by atoms with Gasteiger partial charge in [0.15, 0.2) is 5.78 Å². The average molecular weight is 241 g/mol. The van der Waals surface area contributed by atoms with E-state index in [2.05, 4.69) is 4.74 Å². The molecule has 5 heteroatoms. The Morgan fingerprint density at radius 1 is 1.31 bits per heavy atom. The molecule has 0 atom stereocenters. The molecular weight excluding hydrogens is 232 g/mol. The third kappa shape index (κ3) is 3.17. The third-order valence-corrected chi connectivity index (χ3v) is 2.12. The van der Waals surface area contributed by atoms with Crippen molar-refractivity contribution < 1.29 is 19.1 Å².